The van der Waals surface area contributed by atoms with Gasteiger partial charge in [0.2, 0.25) is 0 Å². The zero-order valence-electron chi connectivity index (χ0n) is 33.2. The van der Waals surface area contributed by atoms with E-state index < -0.39 is 5.41 Å². The maximum atomic E-state index is 6.63. The quantitative estimate of drug-likeness (QED) is 0.173. The van der Waals surface area contributed by atoms with Crippen molar-refractivity contribution in [3.63, 3.8) is 0 Å². The molecule has 11 aromatic rings. The van der Waals surface area contributed by atoms with Gasteiger partial charge in [-0.15, -0.1) is 0 Å². The first kappa shape index (κ1) is 34.0. The molecule has 0 N–H and O–H groups in total. The molecule has 0 aliphatic heterocycles. The molecule has 0 unspecified atom stereocenters. The second-order valence-electron chi connectivity index (χ2n) is 16.3. The van der Waals surface area contributed by atoms with Crippen molar-refractivity contribution in [3.05, 3.63) is 247 Å². The number of rotatable bonds is 5. The predicted octanol–water partition coefficient (Wildman–Crippen LogP) is 15.9. The Balaban J connectivity index is 1.11. The van der Waals surface area contributed by atoms with E-state index in [1.54, 1.807) is 0 Å². The van der Waals surface area contributed by atoms with E-state index in [1.807, 2.05) is 0 Å². The molecule has 2 aliphatic carbocycles. The van der Waals surface area contributed by atoms with Gasteiger partial charge in [-0.05, 0) is 114 Å². The Morgan fingerprint density at radius 1 is 0.344 bits per heavy atom. The molecule has 0 atom stereocenters. The summed E-state index contributed by atoms with van der Waals surface area (Å²) in [5, 5.41) is 4.61. The topological polar surface area (TPSA) is 16.4 Å². The molecular weight excluding hydrogens is 739 g/mol. The van der Waals surface area contributed by atoms with Gasteiger partial charge in [0.05, 0.1) is 11.1 Å². The highest BCUT2D eigenvalue weighted by molar-refractivity contribution is 6.19. The van der Waals surface area contributed by atoms with Crippen LogP contribution in [0.15, 0.2) is 229 Å². The number of furan rings is 1. The van der Waals surface area contributed by atoms with Crippen molar-refractivity contribution in [2.75, 3.05) is 4.90 Å². The summed E-state index contributed by atoms with van der Waals surface area (Å²) in [6, 6.07) is 82.3. The van der Waals surface area contributed by atoms with E-state index >= 15 is 0 Å². The molecule has 13 rings (SSSR count). The number of hydrogen-bond acceptors (Lipinski definition) is 2. The first-order valence-corrected chi connectivity index (χ1v) is 21.1. The smallest absolute Gasteiger partial charge is 0.136 e. The lowest BCUT2D eigenvalue weighted by atomic mass is 9.70. The molecule has 0 radical (unpaired) electrons. The van der Waals surface area contributed by atoms with Gasteiger partial charge < -0.3 is 9.32 Å². The van der Waals surface area contributed by atoms with Crippen LogP contribution < -0.4 is 4.90 Å². The van der Waals surface area contributed by atoms with Crippen LogP contribution >= 0.6 is 0 Å². The molecule has 284 valence electrons. The third kappa shape index (κ3) is 4.79. The Hall–Kier alpha value is -7.94. The average Bonchev–Trinajstić information content (AvgIpc) is 3.96. The highest BCUT2D eigenvalue weighted by Crippen LogP contribution is 2.63. The van der Waals surface area contributed by atoms with E-state index in [2.05, 4.69) is 229 Å². The fourth-order valence-corrected chi connectivity index (χ4v) is 10.8. The molecule has 0 amide bonds. The van der Waals surface area contributed by atoms with Crippen LogP contribution in [0.25, 0.3) is 77.2 Å². The predicted molar refractivity (Wildman–Crippen MR) is 253 cm³/mol. The number of fused-ring (bicyclic) bond motifs is 14. The number of hydrogen-bond donors (Lipinski definition) is 0. The minimum absolute atomic E-state index is 0.414. The second kappa shape index (κ2) is 13.0. The third-order valence-electron chi connectivity index (χ3n) is 13.3. The molecule has 1 aromatic heterocycles. The molecule has 10 aromatic carbocycles. The lowest BCUT2D eigenvalue weighted by Gasteiger charge is -2.32. The lowest BCUT2D eigenvalue weighted by molar-refractivity contribution is 0.669. The number of para-hydroxylation sites is 1. The zero-order valence-corrected chi connectivity index (χ0v) is 33.2. The molecule has 0 fully saturated rings. The van der Waals surface area contributed by atoms with Crippen molar-refractivity contribution in [2.45, 2.75) is 5.41 Å². The van der Waals surface area contributed by atoms with Crippen molar-refractivity contribution in [3.8, 4) is 44.5 Å². The van der Waals surface area contributed by atoms with E-state index in [0.29, 0.717) is 0 Å². The van der Waals surface area contributed by atoms with Gasteiger partial charge in [-0.3, -0.25) is 0 Å². The molecule has 2 aliphatic rings. The van der Waals surface area contributed by atoms with Crippen LogP contribution in [-0.2, 0) is 5.41 Å². The SMILES string of the molecule is c1ccc(-c2ccc(N(c3ccc4c(c3)-c3ccccc3C43c4ccccc4-c4ccccc43)c3ccc4oc5ccccc5c4c3-c3cccc4ccccc34)cc2)cc1. The maximum absolute atomic E-state index is 6.63. The van der Waals surface area contributed by atoms with Gasteiger partial charge in [0.25, 0.3) is 0 Å². The molecule has 0 bridgehead atoms. The zero-order chi connectivity index (χ0) is 40.1. The van der Waals surface area contributed by atoms with Gasteiger partial charge in [-0.2, -0.15) is 0 Å². The fourth-order valence-electron chi connectivity index (χ4n) is 10.8. The summed E-state index contributed by atoms with van der Waals surface area (Å²) in [4.78, 5) is 2.47. The van der Waals surface area contributed by atoms with Crippen molar-refractivity contribution < 1.29 is 4.42 Å². The van der Waals surface area contributed by atoms with Gasteiger partial charge in [0.1, 0.15) is 11.2 Å². The molecule has 1 spiro atoms. The summed E-state index contributed by atoms with van der Waals surface area (Å²) >= 11 is 0. The maximum Gasteiger partial charge on any atom is 0.136 e. The Labute approximate surface area is 354 Å². The second-order valence-corrected chi connectivity index (χ2v) is 16.3. The highest BCUT2D eigenvalue weighted by atomic mass is 16.3. The molecule has 61 heavy (non-hydrogen) atoms. The van der Waals surface area contributed by atoms with Crippen molar-refractivity contribution in [1.29, 1.82) is 0 Å². The number of benzene rings is 10. The Morgan fingerprint density at radius 2 is 0.885 bits per heavy atom. The third-order valence-corrected chi connectivity index (χ3v) is 13.3. The van der Waals surface area contributed by atoms with Gasteiger partial charge in [-0.25, -0.2) is 0 Å². The van der Waals surface area contributed by atoms with Crippen LogP contribution in [0.3, 0.4) is 0 Å². The monoisotopic (exact) mass is 775 g/mol. The minimum atomic E-state index is -0.414. The van der Waals surface area contributed by atoms with E-state index in [-0.39, 0.29) is 0 Å². The summed E-state index contributed by atoms with van der Waals surface area (Å²) in [5.74, 6) is 0. The van der Waals surface area contributed by atoms with Crippen LogP contribution in [0.1, 0.15) is 22.3 Å². The van der Waals surface area contributed by atoms with Crippen LogP contribution in [0.5, 0.6) is 0 Å². The standard InChI is InChI=1S/C59H37NO/c1-2-15-38(16-3-1)39-29-31-41(32-30-39)60(54-35-36-56-58(48-23-9-13-28-55(48)61-56)57(54)47-24-14-18-40-17-4-5-19-43(40)47)42-33-34-53-49(37-42)46-22-8-12-27-52(46)59(53)50-25-10-6-20-44(50)45-21-7-11-26-51(45)59/h1-37H. The van der Waals surface area contributed by atoms with Crippen LogP contribution in [0.4, 0.5) is 17.1 Å². The fraction of sp³-hybridized carbons (Fsp3) is 0.0169. The van der Waals surface area contributed by atoms with Crippen LogP contribution in [0.2, 0.25) is 0 Å². The van der Waals surface area contributed by atoms with Gasteiger partial charge in [-0.1, -0.05) is 182 Å². The first-order valence-electron chi connectivity index (χ1n) is 21.1. The Kier molecular flexibility index (Phi) is 7.26. The Morgan fingerprint density at radius 3 is 1.62 bits per heavy atom. The van der Waals surface area contributed by atoms with E-state index in [4.69, 9.17) is 4.42 Å². The van der Waals surface area contributed by atoms with E-state index in [9.17, 15) is 0 Å². The normalized spacial score (nSPS) is 13.0. The van der Waals surface area contributed by atoms with Gasteiger partial charge in [0.15, 0.2) is 0 Å². The first-order chi connectivity index (χ1) is 30.3. The molecule has 2 nitrogen and oxygen atoms in total. The summed E-state index contributed by atoms with van der Waals surface area (Å²) in [7, 11) is 0. The van der Waals surface area contributed by atoms with Crippen molar-refractivity contribution in [2.24, 2.45) is 0 Å². The molecule has 0 saturated heterocycles. The molecule has 1 heterocycles. The largest absolute Gasteiger partial charge is 0.456 e. The summed E-state index contributed by atoms with van der Waals surface area (Å²) in [6.07, 6.45) is 0. The van der Waals surface area contributed by atoms with Crippen molar-refractivity contribution >= 4 is 49.8 Å². The van der Waals surface area contributed by atoms with Crippen molar-refractivity contribution in [1.82, 2.24) is 0 Å². The van der Waals surface area contributed by atoms with Gasteiger partial charge >= 0.3 is 0 Å². The van der Waals surface area contributed by atoms with Crippen LogP contribution in [0, 0.1) is 0 Å². The summed E-state index contributed by atoms with van der Waals surface area (Å²) in [6.45, 7) is 0. The summed E-state index contributed by atoms with van der Waals surface area (Å²) < 4.78 is 6.63. The molecule has 0 saturated carbocycles. The average molecular weight is 776 g/mol. The molecule has 2 heteroatoms. The summed E-state index contributed by atoms with van der Waals surface area (Å²) in [5.41, 5.74) is 19.8. The number of nitrogens with zero attached hydrogens (tertiary/aromatic N) is 1. The minimum Gasteiger partial charge on any atom is -0.456 e. The lowest BCUT2D eigenvalue weighted by Crippen LogP contribution is -2.25. The Bertz CT molecular complexity index is 3490. The molecular formula is C59H37NO. The number of anilines is 3. The van der Waals surface area contributed by atoms with Crippen LogP contribution in [-0.4, -0.2) is 0 Å². The van der Waals surface area contributed by atoms with E-state index in [1.165, 1.54) is 72.0 Å². The van der Waals surface area contributed by atoms with Gasteiger partial charge in [0, 0.05) is 27.7 Å². The highest BCUT2D eigenvalue weighted by Gasteiger charge is 2.51. The van der Waals surface area contributed by atoms with E-state index in [0.717, 1.165) is 44.6 Å².